The molecule has 0 radical (unpaired) electrons. The third-order valence-corrected chi connectivity index (χ3v) is 1.14. The van der Waals surface area contributed by atoms with Crippen LogP contribution in [0, 0.1) is 0 Å². The normalized spacial score (nSPS) is 13.8. The van der Waals surface area contributed by atoms with Gasteiger partial charge in [0.1, 0.15) is 0 Å². The van der Waals surface area contributed by atoms with Gasteiger partial charge in [0.2, 0.25) is 0 Å². The summed E-state index contributed by atoms with van der Waals surface area (Å²) in [6.45, 7) is 3.42. The second-order valence-corrected chi connectivity index (χ2v) is 3.44. The molecule has 0 fully saturated rings. The minimum Gasteiger partial charge on any atom is -0.477 e. The largest absolute Gasteiger partial charge is 0.477 e. The van der Waals surface area contributed by atoms with E-state index in [9.17, 15) is 4.79 Å². The van der Waals surface area contributed by atoms with Crippen LogP contribution < -0.4 is 0 Å². The molecule has 54 valence electrons. The zero-order valence-electron chi connectivity index (χ0n) is 5.24. The molecular formula is C4H9O4P. The fourth-order valence-electron chi connectivity index (χ4n) is 0.245. The molecule has 0 saturated carbocycles. The highest BCUT2D eigenvalue weighted by molar-refractivity contribution is 7.50. The maximum atomic E-state index is 9.87. The zero-order valence-corrected chi connectivity index (χ0v) is 6.13. The molecular weight excluding hydrogens is 143 g/mol. The molecule has 2 N–H and O–H groups in total. The molecule has 0 rings (SSSR count). The highest BCUT2D eigenvalue weighted by Gasteiger charge is 2.14. The third kappa shape index (κ3) is 4.33. The van der Waals surface area contributed by atoms with Gasteiger partial charge in [0.05, 0.1) is 0 Å². The van der Waals surface area contributed by atoms with E-state index >= 15 is 0 Å². The first-order chi connectivity index (χ1) is 4.04. The van der Waals surface area contributed by atoms with Gasteiger partial charge < -0.3 is 14.7 Å². The molecule has 4 nitrogen and oxygen atoms in total. The van der Waals surface area contributed by atoms with E-state index in [1.807, 2.05) is 0 Å². The van der Waals surface area contributed by atoms with Gasteiger partial charge in [0.15, 0.2) is 0 Å². The molecule has 0 aliphatic heterocycles. The van der Waals surface area contributed by atoms with Gasteiger partial charge in [-0.1, -0.05) is 0 Å². The first-order valence-electron chi connectivity index (χ1n) is 2.29. The highest BCUT2D eigenvalue weighted by Crippen LogP contribution is 2.27. The average molecular weight is 152 g/mol. The van der Waals surface area contributed by atoms with Gasteiger partial charge in [0, 0.05) is 8.15 Å². The lowest BCUT2D eigenvalue weighted by molar-refractivity contribution is -0.161. The Hall–Kier alpha value is -0.180. The molecule has 1 atom stereocenters. The van der Waals surface area contributed by atoms with Crippen LogP contribution in [0.5, 0.6) is 0 Å². The minimum absolute atomic E-state index is 0.803. The summed E-state index contributed by atoms with van der Waals surface area (Å²) in [6.07, 6.45) is -1.66. The van der Waals surface area contributed by atoms with E-state index in [0.29, 0.717) is 0 Å². The molecule has 0 amide bonds. The first kappa shape index (κ1) is 8.82. The SMILES string of the molecule is CP(C)OC(O)C(=O)O. The van der Waals surface area contributed by atoms with Crippen molar-refractivity contribution in [1.29, 1.82) is 0 Å². The van der Waals surface area contributed by atoms with E-state index in [-0.39, 0.29) is 0 Å². The van der Waals surface area contributed by atoms with E-state index < -0.39 is 20.4 Å². The topological polar surface area (TPSA) is 66.8 Å². The van der Waals surface area contributed by atoms with Crippen molar-refractivity contribution in [2.75, 3.05) is 13.3 Å². The summed E-state index contributed by atoms with van der Waals surface area (Å²) in [6, 6.07) is 0. The molecule has 0 aliphatic carbocycles. The number of carboxylic acids is 1. The molecule has 1 unspecified atom stereocenters. The summed E-state index contributed by atoms with van der Waals surface area (Å²) in [7, 11) is -0.803. The van der Waals surface area contributed by atoms with Crippen LogP contribution >= 0.6 is 8.15 Å². The van der Waals surface area contributed by atoms with Gasteiger partial charge >= 0.3 is 5.97 Å². The summed E-state index contributed by atoms with van der Waals surface area (Å²) in [5.41, 5.74) is 0. The molecule has 5 heteroatoms. The van der Waals surface area contributed by atoms with E-state index in [1.165, 1.54) is 0 Å². The monoisotopic (exact) mass is 152 g/mol. The maximum Gasteiger partial charge on any atom is 0.361 e. The summed E-state index contributed by atoms with van der Waals surface area (Å²) in [5, 5.41) is 16.6. The van der Waals surface area contributed by atoms with Crippen LogP contribution in [0.4, 0.5) is 0 Å². The van der Waals surface area contributed by atoms with Gasteiger partial charge in [-0.05, 0) is 13.3 Å². The predicted molar refractivity (Wildman–Crippen MR) is 33.5 cm³/mol. The summed E-state index contributed by atoms with van der Waals surface area (Å²) >= 11 is 0. The van der Waals surface area contributed by atoms with Crippen LogP contribution in [-0.4, -0.2) is 35.8 Å². The van der Waals surface area contributed by atoms with Gasteiger partial charge in [0.25, 0.3) is 6.29 Å². The van der Waals surface area contributed by atoms with Crippen molar-refractivity contribution in [2.45, 2.75) is 6.29 Å². The van der Waals surface area contributed by atoms with E-state index in [1.54, 1.807) is 13.3 Å². The maximum absolute atomic E-state index is 9.87. The lowest BCUT2D eigenvalue weighted by atomic mass is 10.7. The Morgan fingerprint density at radius 1 is 1.67 bits per heavy atom. The van der Waals surface area contributed by atoms with Crippen molar-refractivity contribution in [3.63, 3.8) is 0 Å². The molecule has 0 aromatic heterocycles. The quantitative estimate of drug-likeness (QED) is 0.443. The Kier molecular flexibility index (Phi) is 3.70. The van der Waals surface area contributed by atoms with E-state index in [2.05, 4.69) is 4.52 Å². The average Bonchev–Trinajstić information content (AvgIpc) is 1.63. The van der Waals surface area contributed by atoms with Crippen molar-refractivity contribution in [3.05, 3.63) is 0 Å². The molecule has 0 aromatic carbocycles. The number of hydrogen-bond acceptors (Lipinski definition) is 3. The Bertz CT molecular complexity index is 103. The minimum atomic E-state index is -1.66. The van der Waals surface area contributed by atoms with E-state index in [0.717, 1.165) is 0 Å². The number of carboxylic acid groups (broad SMARTS) is 1. The number of hydrogen-bond donors (Lipinski definition) is 2. The first-order valence-corrected chi connectivity index (χ1v) is 4.44. The zero-order chi connectivity index (χ0) is 7.44. The lowest BCUT2D eigenvalue weighted by Crippen LogP contribution is -2.20. The Balaban J connectivity index is 3.50. The molecule has 0 heterocycles. The second kappa shape index (κ2) is 3.77. The molecule has 9 heavy (non-hydrogen) atoms. The summed E-state index contributed by atoms with van der Waals surface area (Å²) in [5.74, 6) is -1.34. The molecule has 0 saturated heterocycles. The summed E-state index contributed by atoms with van der Waals surface area (Å²) < 4.78 is 4.53. The number of aliphatic hydroxyl groups excluding tert-OH is 1. The number of carbonyl (C=O) groups is 1. The van der Waals surface area contributed by atoms with Gasteiger partial charge in [-0.15, -0.1) is 0 Å². The fourth-order valence-corrected chi connectivity index (χ4v) is 0.734. The lowest BCUT2D eigenvalue weighted by Gasteiger charge is -2.08. The molecule has 0 spiro atoms. The Morgan fingerprint density at radius 3 is 2.22 bits per heavy atom. The standard InChI is InChI=1S/C4H9O4P/c1-9(2)8-4(7)3(5)6/h4,7H,1-2H3,(H,5,6). The Labute approximate surface area is 54.3 Å². The summed E-state index contributed by atoms with van der Waals surface area (Å²) in [4.78, 5) is 9.87. The van der Waals surface area contributed by atoms with Crippen LogP contribution in [0.1, 0.15) is 0 Å². The van der Waals surface area contributed by atoms with Crippen molar-refractivity contribution in [3.8, 4) is 0 Å². The molecule has 0 aliphatic rings. The van der Waals surface area contributed by atoms with Gasteiger partial charge in [-0.25, -0.2) is 4.79 Å². The van der Waals surface area contributed by atoms with Crippen LogP contribution in [0.3, 0.4) is 0 Å². The smallest absolute Gasteiger partial charge is 0.361 e. The molecule has 0 bridgehead atoms. The number of aliphatic carboxylic acids is 1. The number of rotatable bonds is 3. The fraction of sp³-hybridized carbons (Fsp3) is 0.750. The second-order valence-electron chi connectivity index (χ2n) is 1.61. The van der Waals surface area contributed by atoms with Crippen LogP contribution in [-0.2, 0) is 9.32 Å². The van der Waals surface area contributed by atoms with Crippen molar-refractivity contribution in [2.24, 2.45) is 0 Å². The van der Waals surface area contributed by atoms with Crippen LogP contribution in [0.15, 0.2) is 0 Å². The van der Waals surface area contributed by atoms with E-state index in [4.69, 9.17) is 10.2 Å². The Morgan fingerprint density at radius 2 is 2.11 bits per heavy atom. The van der Waals surface area contributed by atoms with Crippen LogP contribution in [0.25, 0.3) is 0 Å². The predicted octanol–water partition coefficient (Wildman–Crippen LogP) is 0.0625. The van der Waals surface area contributed by atoms with Crippen LogP contribution in [0.2, 0.25) is 0 Å². The number of aliphatic hydroxyl groups is 1. The molecule has 0 aromatic rings. The van der Waals surface area contributed by atoms with Crippen molar-refractivity contribution in [1.82, 2.24) is 0 Å². The van der Waals surface area contributed by atoms with Crippen molar-refractivity contribution >= 4 is 14.1 Å². The van der Waals surface area contributed by atoms with Gasteiger partial charge in [-0.2, -0.15) is 0 Å². The third-order valence-electron chi connectivity index (χ3n) is 0.522. The highest BCUT2D eigenvalue weighted by atomic mass is 31.1. The van der Waals surface area contributed by atoms with Crippen molar-refractivity contribution < 1.29 is 19.5 Å². The van der Waals surface area contributed by atoms with Gasteiger partial charge in [-0.3, -0.25) is 0 Å².